The molecule has 1 N–H and O–H groups in total. The van der Waals surface area contributed by atoms with Crippen LogP contribution < -0.4 is 5.32 Å². The Morgan fingerprint density at radius 1 is 1.03 bits per heavy atom. The van der Waals surface area contributed by atoms with Crippen molar-refractivity contribution in [3.8, 4) is 0 Å². The summed E-state index contributed by atoms with van der Waals surface area (Å²) in [6.07, 6.45) is -2.68. The zero-order chi connectivity index (χ0) is 23.4. The normalized spacial score (nSPS) is 17.2. The molecule has 0 bridgehead atoms. The van der Waals surface area contributed by atoms with E-state index in [9.17, 15) is 22.8 Å². The van der Waals surface area contributed by atoms with Crippen LogP contribution in [0, 0.1) is 5.92 Å². The number of likely N-dealkylation sites (tertiary alicyclic amines) is 1. The fourth-order valence-corrected chi connectivity index (χ4v) is 3.97. The monoisotopic (exact) mass is 446 g/mol. The van der Waals surface area contributed by atoms with Crippen molar-refractivity contribution >= 4 is 11.8 Å². The Kier molecular flexibility index (Phi) is 7.26. The predicted molar refractivity (Wildman–Crippen MR) is 117 cm³/mol. The highest BCUT2D eigenvalue weighted by atomic mass is 19.4. The van der Waals surface area contributed by atoms with Gasteiger partial charge in [-0.05, 0) is 30.0 Å². The Hall–Kier alpha value is -2.83. The molecule has 0 aromatic heterocycles. The molecular formula is C25H29F3N2O2. The first-order chi connectivity index (χ1) is 15.1. The fraction of sp³-hybridized carbons (Fsp3) is 0.440. The van der Waals surface area contributed by atoms with Gasteiger partial charge in [0.25, 0.3) is 0 Å². The zero-order valence-electron chi connectivity index (χ0n) is 18.4. The van der Waals surface area contributed by atoms with Crippen LogP contribution in [0.5, 0.6) is 0 Å². The summed E-state index contributed by atoms with van der Waals surface area (Å²) in [5.41, 5.74) is 0.0751. The van der Waals surface area contributed by atoms with Gasteiger partial charge in [0.2, 0.25) is 11.8 Å². The smallest absolute Gasteiger partial charge is 0.355 e. The highest BCUT2D eigenvalue weighted by Gasteiger charge is 2.33. The third kappa shape index (κ3) is 6.11. The average molecular weight is 447 g/mol. The van der Waals surface area contributed by atoms with Gasteiger partial charge in [-0.3, -0.25) is 9.59 Å². The first-order valence-corrected chi connectivity index (χ1v) is 10.8. The van der Waals surface area contributed by atoms with Gasteiger partial charge in [-0.1, -0.05) is 62.4 Å². The number of benzene rings is 2. The van der Waals surface area contributed by atoms with E-state index in [0.717, 1.165) is 24.1 Å². The molecule has 0 aliphatic carbocycles. The van der Waals surface area contributed by atoms with E-state index >= 15 is 0 Å². The second-order valence-electron chi connectivity index (χ2n) is 9.02. The molecule has 1 heterocycles. The van der Waals surface area contributed by atoms with E-state index in [0.29, 0.717) is 31.5 Å². The number of rotatable bonds is 6. The molecule has 172 valence electrons. The molecule has 0 saturated carbocycles. The number of hydrogen-bond donors (Lipinski definition) is 1. The molecule has 2 amide bonds. The van der Waals surface area contributed by atoms with Crippen LogP contribution in [-0.2, 0) is 27.6 Å². The van der Waals surface area contributed by atoms with E-state index in [4.69, 9.17) is 0 Å². The Labute approximate surface area is 186 Å². The zero-order valence-corrected chi connectivity index (χ0v) is 18.4. The van der Waals surface area contributed by atoms with Crippen LogP contribution in [0.15, 0.2) is 54.6 Å². The van der Waals surface area contributed by atoms with E-state index in [1.54, 1.807) is 24.8 Å². The molecule has 1 atom stereocenters. The Bertz CT molecular complexity index is 942. The van der Waals surface area contributed by atoms with Crippen LogP contribution in [0.2, 0.25) is 0 Å². The van der Waals surface area contributed by atoms with Gasteiger partial charge in [0.15, 0.2) is 0 Å². The van der Waals surface area contributed by atoms with Crippen LogP contribution in [0.1, 0.15) is 43.4 Å². The van der Waals surface area contributed by atoms with Gasteiger partial charge >= 0.3 is 6.18 Å². The molecule has 7 heteroatoms. The lowest BCUT2D eigenvalue weighted by atomic mass is 9.83. The van der Waals surface area contributed by atoms with E-state index in [1.807, 2.05) is 30.3 Å². The van der Waals surface area contributed by atoms with Crippen LogP contribution in [0.3, 0.4) is 0 Å². The molecule has 0 radical (unpaired) electrons. The minimum atomic E-state index is -4.41. The highest BCUT2D eigenvalue weighted by Crippen LogP contribution is 2.32. The molecule has 1 fully saturated rings. The molecule has 2 aromatic rings. The Morgan fingerprint density at radius 3 is 2.41 bits per heavy atom. The lowest BCUT2D eigenvalue weighted by Gasteiger charge is -2.33. The summed E-state index contributed by atoms with van der Waals surface area (Å²) in [4.78, 5) is 27.2. The van der Waals surface area contributed by atoms with Crippen molar-refractivity contribution in [3.63, 3.8) is 0 Å². The third-order valence-electron chi connectivity index (χ3n) is 6.02. The number of halogens is 3. The molecule has 1 aliphatic rings. The van der Waals surface area contributed by atoms with E-state index < -0.39 is 17.2 Å². The van der Waals surface area contributed by atoms with Crippen molar-refractivity contribution in [2.75, 3.05) is 19.6 Å². The Balaban J connectivity index is 1.57. The van der Waals surface area contributed by atoms with Crippen LogP contribution in [0.25, 0.3) is 0 Å². The summed E-state index contributed by atoms with van der Waals surface area (Å²) < 4.78 is 39.2. The third-order valence-corrected chi connectivity index (χ3v) is 6.02. The first kappa shape index (κ1) is 23.8. The van der Waals surface area contributed by atoms with Crippen LogP contribution in [-0.4, -0.2) is 36.3 Å². The van der Waals surface area contributed by atoms with Gasteiger partial charge in [0.05, 0.1) is 17.9 Å². The van der Waals surface area contributed by atoms with Crippen molar-refractivity contribution in [3.05, 3.63) is 71.3 Å². The second-order valence-corrected chi connectivity index (χ2v) is 9.02. The van der Waals surface area contributed by atoms with E-state index in [1.165, 1.54) is 6.07 Å². The number of nitrogens with one attached hydrogen (secondary N) is 1. The largest absolute Gasteiger partial charge is 0.416 e. The first-order valence-electron chi connectivity index (χ1n) is 10.8. The number of hydrogen-bond acceptors (Lipinski definition) is 2. The van der Waals surface area contributed by atoms with Gasteiger partial charge in [-0.15, -0.1) is 0 Å². The van der Waals surface area contributed by atoms with Crippen molar-refractivity contribution in [1.82, 2.24) is 10.2 Å². The topological polar surface area (TPSA) is 49.4 Å². The Morgan fingerprint density at radius 2 is 1.72 bits per heavy atom. The van der Waals surface area contributed by atoms with Crippen molar-refractivity contribution in [1.29, 1.82) is 0 Å². The number of alkyl halides is 3. The molecule has 32 heavy (non-hydrogen) atoms. The number of piperidine rings is 1. The lowest BCUT2D eigenvalue weighted by molar-refractivity contribution is -0.138. The maximum atomic E-state index is 13.1. The summed E-state index contributed by atoms with van der Waals surface area (Å²) in [6, 6.07) is 14.7. The molecule has 4 nitrogen and oxygen atoms in total. The van der Waals surface area contributed by atoms with E-state index in [-0.39, 0.29) is 24.3 Å². The molecule has 3 rings (SSSR count). The number of amides is 2. The summed E-state index contributed by atoms with van der Waals surface area (Å²) in [6.45, 7) is 4.81. The van der Waals surface area contributed by atoms with Crippen LogP contribution >= 0.6 is 0 Å². The number of carbonyl (C=O) groups is 2. The molecule has 1 aliphatic heterocycles. The minimum absolute atomic E-state index is 0.00186. The molecule has 1 saturated heterocycles. The minimum Gasteiger partial charge on any atom is -0.355 e. The lowest BCUT2D eigenvalue weighted by Crippen LogP contribution is -2.47. The maximum Gasteiger partial charge on any atom is 0.416 e. The summed E-state index contributed by atoms with van der Waals surface area (Å²) in [5, 5.41) is 2.90. The van der Waals surface area contributed by atoms with E-state index in [2.05, 4.69) is 5.32 Å². The van der Waals surface area contributed by atoms with Gasteiger partial charge in [0, 0.05) is 25.0 Å². The summed E-state index contributed by atoms with van der Waals surface area (Å²) in [5.74, 6) is -0.485. The van der Waals surface area contributed by atoms with Crippen molar-refractivity contribution in [2.45, 2.75) is 44.7 Å². The fourth-order valence-electron chi connectivity index (χ4n) is 3.97. The SMILES string of the molecule is CC(C)(CNC(=O)C1CCCN(C(=O)Cc2ccccc2)C1)c1cccc(C(F)(F)F)c1. The van der Waals surface area contributed by atoms with Gasteiger partial charge in [-0.25, -0.2) is 0 Å². The number of nitrogens with zero attached hydrogens (tertiary/aromatic N) is 1. The molecular weight excluding hydrogens is 417 g/mol. The maximum absolute atomic E-state index is 13.1. The molecule has 1 unspecified atom stereocenters. The van der Waals surface area contributed by atoms with Gasteiger partial charge in [-0.2, -0.15) is 13.2 Å². The summed E-state index contributed by atoms with van der Waals surface area (Å²) in [7, 11) is 0. The average Bonchev–Trinajstić information content (AvgIpc) is 2.78. The quantitative estimate of drug-likeness (QED) is 0.706. The number of carbonyl (C=O) groups excluding carboxylic acids is 2. The van der Waals surface area contributed by atoms with Crippen LogP contribution in [0.4, 0.5) is 13.2 Å². The summed E-state index contributed by atoms with van der Waals surface area (Å²) >= 11 is 0. The standard InChI is InChI=1S/C25H29F3N2O2/c1-24(2,20-11-6-12-21(15-20)25(26,27)28)17-29-23(32)19-10-7-13-30(16-19)22(31)14-18-8-4-3-5-9-18/h3-6,8-9,11-12,15,19H,7,10,13-14,16-17H2,1-2H3,(H,29,32). The van der Waals surface area contributed by atoms with Gasteiger partial charge < -0.3 is 10.2 Å². The van der Waals surface area contributed by atoms with Gasteiger partial charge in [0.1, 0.15) is 0 Å². The molecule has 2 aromatic carbocycles. The second kappa shape index (κ2) is 9.76. The predicted octanol–water partition coefficient (Wildman–Crippen LogP) is 4.58. The molecule has 0 spiro atoms. The van der Waals surface area contributed by atoms with Crippen molar-refractivity contribution < 1.29 is 22.8 Å². The highest BCUT2D eigenvalue weighted by molar-refractivity contribution is 5.82. The van der Waals surface area contributed by atoms with Crippen molar-refractivity contribution in [2.24, 2.45) is 5.92 Å².